The zero-order valence-corrected chi connectivity index (χ0v) is 19.4. The molecule has 0 bridgehead atoms. The molecule has 0 saturated carbocycles. The first-order chi connectivity index (χ1) is 15.8. The number of piperidine rings is 1. The predicted molar refractivity (Wildman–Crippen MR) is 118 cm³/mol. The molecule has 1 aliphatic heterocycles. The summed E-state index contributed by atoms with van der Waals surface area (Å²) in [7, 11) is 0. The minimum absolute atomic E-state index is 0.156. The first-order valence-electron chi connectivity index (χ1n) is 10.8. The van der Waals surface area contributed by atoms with Crippen molar-refractivity contribution in [1.29, 1.82) is 0 Å². The summed E-state index contributed by atoms with van der Waals surface area (Å²) < 4.78 is 46.7. The summed E-state index contributed by atoms with van der Waals surface area (Å²) in [6, 6.07) is 5.56. The Balaban J connectivity index is 1.77. The molecule has 2 aromatic rings. The number of alkyl halides is 3. The summed E-state index contributed by atoms with van der Waals surface area (Å²) in [5.74, 6) is -0.779. The van der Waals surface area contributed by atoms with Gasteiger partial charge in [0.25, 0.3) is 5.91 Å². The molecule has 0 aliphatic carbocycles. The van der Waals surface area contributed by atoms with Gasteiger partial charge in [-0.3, -0.25) is 9.59 Å². The molecule has 1 aromatic carbocycles. The molecule has 0 atom stereocenters. The number of benzene rings is 1. The van der Waals surface area contributed by atoms with Crippen molar-refractivity contribution in [3.05, 3.63) is 57.5 Å². The second-order valence-corrected chi connectivity index (χ2v) is 9.14. The van der Waals surface area contributed by atoms with Crippen LogP contribution in [0.3, 0.4) is 0 Å². The van der Waals surface area contributed by atoms with E-state index in [2.05, 4.69) is 10.4 Å². The van der Waals surface area contributed by atoms with Gasteiger partial charge in [0.1, 0.15) is 5.60 Å². The molecule has 0 radical (unpaired) electrons. The monoisotopic (exact) mass is 480 g/mol. The van der Waals surface area contributed by atoms with Crippen molar-refractivity contribution in [2.24, 2.45) is 0 Å². The lowest BCUT2D eigenvalue weighted by Crippen LogP contribution is -2.48. The first-order valence-corrected chi connectivity index (χ1v) is 10.8. The molecule has 11 heteroatoms. The third-order valence-corrected chi connectivity index (χ3v) is 5.24. The van der Waals surface area contributed by atoms with E-state index in [4.69, 9.17) is 4.74 Å². The summed E-state index contributed by atoms with van der Waals surface area (Å²) in [5, 5.41) is 6.68. The molecular formula is C23H27F3N4O4. The molecule has 3 rings (SSSR count). The Labute approximate surface area is 194 Å². The van der Waals surface area contributed by atoms with Crippen LogP contribution in [0.25, 0.3) is 5.69 Å². The Morgan fingerprint density at radius 1 is 1.12 bits per heavy atom. The van der Waals surface area contributed by atoms with Gasteiger partial charge in [0.2, 0.25) is 5.43 Å². The summed E-state index contributed by atoms with van der Waals surface area (Å²) >= 11 is 0. The SMILES string of the molecule is Cc1cc(=O)c(C(=O)NC2CCN(C(=O)OC(C)(C)C)CC2)nn1-c1ccccc1C(F)(F)F. The van der Waals surface area contributed by atoms with Gasteiger partial charge in [-0.15, -0.1) is 0 Å². The van der Waals surface area contributed by atoms with Crippen LogP contribution in [0.4, 0.5) is 18.0 Å². The molecule has 1 fully saturated rings. The van der Waals surface area contributed by atoms with Crippen molar-refractivity contribution in [2.45, 2.75) is 58.4 Å². The molecule has 2 amide bonds. The van der Waals surface area contributed by atoms with E-state index in [1.807, 2.05) is 0 Å². The van der Waals surface area contributed by atoms with Gasteiger partial charge in [-0.05, 0) is 52.7 Å². The second kappa shape index (κ2) is 9.47. The number of rotatable bonds is 3. The molecule has 2 heterocycles. The van der Waals surface area contributed by atoms with Crippen molar-refractivity contribution < 1.29 is 27.5 Å². The van der Waals surface area contributed by atoms with Crippen LogP contribution in [0.5, 0.6) is 0 Å². The minimum Gasteiger partial charge on any atom is -0.444 e. The Hall–Kier alpha value is -3.37. The van der Waals surface area contributed by atoms with Crippen molar-refractivity contribution in [3.63, 3.8) is 0 Å². The van der Waals surface area contributed by atoms with Crippen molar-refractivity contribution >= 4 is 12.0 Å². The Bertz CT molecular complexity index is 1130. The van der Waals surface area contributed by atoms with E-state index < -0.39 is 40.5 Å². The summed E-state index contributed by atoms with van der Waals surface area (Å²) in [5.41, 5.74) is -2.88. The third kappa shape index (κ3) is 5.95. The Morgan fingerprint density at radius 3 is 2.32 bits per heavy atom. The van der Waals surface area contributed by atoms with Crippen LogP contribution in [0.1, 0.15) is 55.4 Å². The van der Waals surface area contributed by atoms with Crippen LogP contribution in [0.2, 0.25) is 0 Å². The van der Waals surface area contributed by atoms with Crippen LogP contribution in [0, 0.1) is 6.92 Å². The van der Waals surface area contributed by atoms with Gasteiger partial charge >= 0.3 is 12.3 Å². The molecule has 184 valence electrons. The number of likely N-dealkylation sites (tertiary alicyclic amines) is 1. The van der Waals surface area contributed by atoms with E-state index >= 15 is 0 Å². The van der Waals surface area contributed by atoms with E-state index in [9.17, 15) is 27.6 Å². The fourth-order valence-corrected chi connectivity index (χ4v) is 3.63. The van der Waals surface area contributed by atoms with Crippen molar-refractivity contribution in [1.82, 2.24) is 20.0 Å². The number of hydrogen-bond acceptors (Lipinski definition) is 5. The highest BCUT2D eigenvalue weighted by molar-refractivity contribution is 5.92. The maximum Gasteiger partial charge on any atom is 0.418 e. The van der Waals surface area contributed by atoms with Gasteiger partial charge in [0, 0.05) is 30.9 Å². The van der Waals surface area contributed by atoms with Gasteiger partial charge in [0.05, 0.1) is 11.3 Å². The standard InChI is InChI=1S/C23H27F3N4O4/c1-14-13-18(31)19(28-30(14)17-8-6-5-7-16(17)23(24,25)26)20(32)27-15-9-11-29(12-10-15)21(33)34-22(2,3)4/h5-8,13,15H,9-12H2,1-4H3,(H,27,32). The maximum absolute atomic E-state index is 13.5. The van der Waals surface area contributed by atoms with Gasteiger partial charge < -0.3 is 15.0 Å². The molecule has 34 heavy (non-hydrogen) atoms. The lowest BCUT2D eigenvalue weighted by molar-refractivity contribution is -0.137. The number of carbonyl (C=O) groups excluding carboxylic acids is 2. The first kappa shape index (κ1) is 25.3. The van der Waals surface area contributed by atoms with Crippen LogP contribution in [0.15, 0.2) is 35.1 Å². The van der Waals surface area contributed by atoms with Gasteiger partial charge in [0.15, 0.2) is 5.69 Å². The lowest BCUT2D eigenvalue weighted by atomic mass is 10.1. The van der Waals surface area contributed by atoms with Gasteiger partial charge in [-0.2, -0.15) is 18.3 Å². The quantitative estimate of drug-likeness (QED) is 0.723. The largest absolute Gasteiger partial charge is 0.444 e. The van der Waals surface area contributed by atoms with Crippen molar-refractivity contribution in [3.8, 4) is 5.69 Å². The average Bonchev–Trinajstić information content (AvgIpc) is 2.72. The smallest absolute Gasteiger partial charge is 0.418 e. The topological polar surface area (TPSA) is 93.5 Å². The number of ether oxygens (including phenoxy) is 1. The van der Waals surface area contributed by atoms with Crippen LogP contribution >= 0.6 is 0 Å². The van der Waals surface area contributed by atoms with Crippen LogP contribution < -0.4 is 10.7 Å². The summed E-state index contributed by atoms with van der Waals surface area (Å²) in [4.78, 5) is 39.0. The average molecular weight is 480 g/mol. The third-order valence-electron chi connectivity index (χ3n) is 5.24. The number of nitrogens with one attached hydrogen (secondary N) is 1. The molecule has 8 nitrogen and oxygen atoms in total. The number of carbonyl (C=O) groups is 2. The minimum atomic E-state index is -4.64. The summed E-state index contributed by atoms with van der Waals surface area (Å²) in [6.07, 6.45) is -4.22. The fraction of sp³-hybridized carbons (Fsp3) is 0.478. The lowest BCUT2D eigenvalue weighted by Gasteiger charge is -2.33. The summed E-state index contributed by atoms with van der Waals surface area (Å²) in [6.45, 7) is 7.45. The molecular weight excluding hydrogens is 453 g/mol. The Morgan fingerprint density at radius 2 is 1.74 bits per heavy atom. The molecule has 0 spiro atoms. The van der Waals surface area contributed by atoms with Crippen LogP contribution in [-0.4, -0.2) is 51.4 Å². The fourth-order valence-electron chi connectivity index (χ4n) is 3.63. The normalized spacial score (nSPS) is 15.2. The zero-order valence-electron chi connectivity index (χ0n) is 19.4. The van der Waals surface area contributed by atoms with Gasteiger partial charge in [-0.25, -0.2) is 9.48 Å². The van der Waals surface area contributed by atoms with Crippen LogP contribution in [-0.2, 0) is 10.9 Å². The number of hydrogen-bond donors (Lipinski definition) is 1. The van der Waals surface area contributed by atoms with E-state index in [1.54, 1.807) is 25.7 Å². The number of halogens is 3. The van der Waals surface area contributed by atoms with E-state index in [0.29, 0.717) is 25.9 Å². The number of aromatic nitrogens is 2. The van der Waals surface area contributed by atoms with E-state index in [0.717, 1.165) is 16.8 Å². The highest BCUT2D eigenvalue weighted by atomic mass is 19.4. The highest BCUT2D eigenvalue weighted by Gasteiger charge is 2.34. The number of aryl methyl sites for hydroxylation is 1. The number of amides is 2. The molecule has 1 aromatic heterocycles. The molecule has 1 N–H and O–H groups in total. The number of nitrogens with zero attached hydrogens (tertiary/aromatic N) is 3. The molecule has 1 aliphatic rings. The van der Waals surface area contributed by atoms with Crippen molar-refractivity contribution in [2.75, 3.05) is 13.1 Å². The molecule has 0 unspecified atom stereocenters. The highest BCUT2D eigenvalue weighted by Crippen LogP contribution is 2.33. The zero-order chi connectivity index (χ0) is 25.3. The Kier molecular flexibility index (Phi) is 7.04. The second-order valence-electron chi connectivity index (χ2n) is 9.14. The maximum atomic E-state index is 13.5. The van der Waals surface area contributed by atoms with E-state index in [1.165, 1.54) is 25.1 Å². The van der Waals surface area contributed by atoms with E-state index in [-0.39, 0.29) is 17.4 Å². The molecule has 1 saturated heterocycles. The number of para-hydroxylation sites is 1. The van der Waals surface area contributed by atoms with Gasteiger partial charge in [-0.1, -0.05) is 12.1 Å². The predicted octanol–water partition coefficient (Wildman–Crippen LogP) is 3.69.